The smallest absolute Gasteiger partial charge is 0.147 e. The zero-order chi connectivity index (χ0) is 14.7. The second kappa shape index (κ2) is 6.01. The summed E-state index contributed by atoms with van der Waals surface area (Å²) in [5.41, 5.74) is 1.12. The number of anilines is 2. The van der Waals surface area contributed by atoms with Gasteiger partial charge in [-0.2, -0.15) is 0 Å². The lowest BCUT2D eigenvalue weighted by Crippen LogP contribution is -2.18. The average Bonchev–Trinajstić information content (AvgIpc) is 2.43. The van der Waals surface area contributed by atoms with Gasteiger partial charge in [-0.25, -0.2) is 8.78 Å². The molecule has 2 aromatic carbocycles. The Balaban J connectivity index is 2.45. The highest BCUT2D eigenvalue weighted by Gasteiger charge is 2.16. The van der Waals surface area contributed by atoms with Crippen LogP contribution in [0.2, 0.25) is 0 Å². The summed E-state index contributed by atoms with van der Waals surface area (Å²) in [6.07, 6.45) is -0.734. The summed E-state index contributed by atoms with van der Waals surface area (Å²) < 4.78 is 28.0. The highest BCUT2D eigenvalue weighted by molar-refractivity contribution is 5.64. The number of aliphatic hydroxyl groups is 1. The first-order valence-electron chi connectivity index (χ1n) is 6.54. The number of aliphatic hydroxyl groups excluding tert-OH is 1. The Kier molecular flexibility index (Phi) is 4.35. The van der Waals surface area contributed by atoms with Crippen LogP contribution in [0, 0.1) is 11.6 Å². The second-order valence-corrected chi connectivity index (χ2v) is 4.58. The molecule has 0 radical (unpaired) electrons. The van der Waals surface area contributed by atoms with E-state index in [4.69, 9.17) is 0 Å². The number of benzene rings is 2. The van der Waals surface area contributed by atoms with Crippen molar-refractivity contribution < 1.29 is 13.9 Å². The Morgan fingerprint density at radius 3 is 2.25 bits per heavy atom. The van der Waals surface area contributed by atoms with E-state index in [1.54, 1.807) is 42.2 Å². The molecule has 2 rings (SSSR count). The van der Waals surface area contributed by atoms with Crippen molar-refractivity contribution in [2.45, 2.75) is 20.0 Å². The Hall–Kier alpha value is -1.94. The fourth-order valence-electron chi connectivity index (χ4n) is 2.14. The third-order valence-electron chi connectivity index (χ3n) is 3.20. The molecular formula is C16H17F2NO. The van der Waals surface area contributed by atoms with Crippen LogP contribution in [0.5, 0.6) is 0 Å². The maximum atomic E-state index is 14.2. The van der Waals surface area contributed by atoms with Gasteiger partial charge < -0.3 is 10.0 Å². The number of rotatable bonds is 4. The van der Waals surface area contributed by atoms with E-state index in [1.165, 1.54) is 12.1 Å². The zero-order valence-electron chi connectivity index (χ0n) is 11.5. The van der Waals surface area contributed by atoms with Gasteiger partial charge in [0.05, 0.1) is 17.5 Å². The Bertz CT molecular complexity index is 599. The summed E-state index contributed by atoms with van der Waals surface area (Å²) in [6, 6.07) is 10.8. The first kappa shape index (κ1) is 14.5. The summed E-state index contributed by atoms with van der Waals surface area (Å²) in [4.78, 5) is 1.57. The van der Waals surface area contributed by atoms with E-state index in [0.29, 0.717) is 23.5 Å². The second-order valence-electron chi connectivity index (χ2n) is 4.58. The van der Waals surface area contributed by atoms with E-state index in [2.05, 4.69) is 0 Å². The standard InChI is InChI=1S/C16H17F2NO/c1-3-19(15-7-5-4-6-13(15)17)16-9-8-12(11(2)20)10-14(16)18/h4-11,20H,3H2,1-2H3. The molecule has 20 heavy (non-hydrogen) atoms. The summed E-state index contributed by atoms with van der Waals surface area (Å²) in [7, 11) is 0. The topological polar surface area (TPSA) is 23.5 Å². The molecule has 4 heteroatoms. The lowest BCUT2D eigenvalue weighted by Gasteiger charge is -2.24. The Morgan fingerprint density at radius 2 is 1.70 bits per heavy atom. The maximum absolute atomic E-state index is 14.2. The molecule has 0 saturated carbocycles. The van der Waals surface area contributed by atoms with E-state index in [9.17, 15) is 13.9 Å². The van der Waals surface area contributed by atoms with Gasteiger partial charge >= 0.3 is 0 Å². The lowest BCUT2D eigenvalue weighted by atomic mass is 10.1. The average molecular weight is 277 g/mol. The van der Waals surface area contributed by atoms with Crippen molar-refractivity contribution in [3.63, 3.8) is 0 Å². The molecule has 0 saturated heterocycles. The van der Waals surface area contributed by atoms with Gasteiger partial charge in [0, 0.05) is 6.54 Å². The third kappa shape index (κ3) is 2.80. The van der Waals surface area contributed by atoms with Crippen LogP contribution in [-0.4, -0.2) is 11.7 Å². The van der Waals surface area contributed by atoms with Crippen LogP contribution < -0.4 is 4.90 Å². The molecule has 2 nitrogen and oxygen atoms in total. The van der Waals surface area contributed by atoms with Crippen molar-refractivity contribution in [1.82, 2.24) is 0 Å². The maximum Gasteiger partial charge on any atom is 0.147 e. The zero-order valence-corrected chi connectivity index (χ0v) is 11.5. The van der Waals surface area contributed by atoms with Crippen molar-refractivity contribution in [3.05, 3.63) is 59.7 Å². The molecule has 0 amide bonds. The highest BCUT2D eigenvalue weighted by atomic mass is 19.1. The van der Waals surface area contributed by atoms with Gasteiger partial charge in [0.2, 0.25) is 0 Å². The van der Waals surface area contributed by atoms with Crippen LogP contribution in [0.3, 0.4) is 0 Å². The molecule has 0 aromatic heterocycles. The Labute approximate surface area is 117 Å². The molecule has 1 atom stereocenters. The number of para-hydroxylation sites is 1. The molecular weight excluding hydrogens is 260 g/mol. The van der Waals surface area contributed by atoms with E-state index in [-0.39, 0.29) is 0 Å². The molecule has 0 spiro atoms. The molecule has 0 bridgehead atoms. The fraction of sp³-hybridized carbons (Fsp3) is 0.250. The first-order chi connectivity index (χ1) is 9.54. The molecule has 1 N–H and O–H groups in total. The fourth-order valence-corrected chi connectivity index (χ4v) is 2.14. The van der Waals surface area contributed by atoms with Crippen LogP contribution >= 0.6 is 0 Å². The number of hydrogen-bond donors (Lipinski definition) is 1. The van der Waals surface area contributed by atoms with E-state index >= 15 is 0 Å². The minimum absolute atomic E-state index is 0.294. The highest BCUT2D eigenvalue weighted by Crippen LogP contribution is 2.31. The predicted molar refractivity (Wildman–Crippen MR) is 76.1 cm³/mol. The van der Waals surface area contributed by atoms with Gasteiger partial charge in [0.1, 0.15) is 11.6 Å². The van der Waals surface area contributed by atoms with E-state index in [1.807, 2.05) is 6.92 Å². The van der Waals surface area contributed by atoms with Crippen LogP contribution in [0.1, 0.15) is 25.5 Å². The molecule has 2 aromatic rings. The number of nitrogens with zero attached hydrogens (tertiary/aromatic N) is 1. The van der Waals surface area contributed by atoms with Crippen molar-refractivity contribution in [2.75, 3.05) is 11.4 Å². The van der Waals surface area contributed by atoms with Crippen LogP contribution in [-0.2, 0) is 0 Å². The monoisotopic (exact) mass is 277 g/mol. The summed E-state index contributed by atoms with van der Waals surface area (Å²) in [6.45, 7) is 3.84. The quantitative estimate of drug-likeness (QED) is 0.906. The molecule has 106 valence electrons. The molecule has 1 unspecified atom stereocenters. The van der Waals surface area contributed by atoms with Gasteiger partial charge in [-0.05, 0) is 43.7 Å². The molecule has 0 aliphatic rings. The van der Waals surface area contributed by atoms with Crippen molar-refractivity contribution in [3.8, 4) is 0 Å². The number of hydrogen-bond acceptors (Lipinski definition) is 2. The molecule has 0 heterocycles. The van der Waals surface area contributed by atoms with E-state index < -0.39 is 17.7 Å². The summed E-state index contributed by atoms with van der Waals surface area (Å²) in [5.74, 6) is -0.873. The predicted octanol–water partition coefficient (Wildman–Crippen LogP) is 4.18. The van der Waals surface area contributed by atoms with Crippen molar-refractivity contribution in [1.29, 1.82) is 0 Å². The first-order valence-corrected chi connectivity index (χ1v) is 6.54. The van der Waals surface area contributed by atoms with Gasteiger partial charge in [0.15, 0.2) is 0 Å². The van der Waals surface area contributed by atoms with Crippen molar-refractivity contribution in [2.24, 2.45) is 0 Å². The van der Waals surface area contributed by atoms with Gasteiger partial charge in [0.25, 0.3) is 0 Å². The third-order valence-corrected chi connectivity index (χ3v) is 3.20. The molecule has 0 aliphatic carbocycles. The minimum Gasteiger partial charge on any atom is -0.389 e. The van der Waals surface area contributed by atoms with Crippen LogP contribution in [0.25, 0.3) is 0 Å². The van der Waals surface area contributed by atoms with Gasteiger partial charge in [-0.3, -0.25) is 0 Å². The summed E-state index contributed by atoms with van der Waals surface area (Å²) in [5, 5.41) is 9.46. The van der Waals surface area contributed by atoms with Crippen LogP contribution in [0.4, 0.5) is 20.2 Å². The largest absolute Gasteiger partial charge is 0.389 e. The van der Waals surface area contributed by atoms with Crippen LogP contribution in [0.15, 0.2) is 42.5 Å². The number of halogens is 2. The van der Waals surface area contributed by atoms with E-state index in [0.717, 1.165) is 0 Å². The normalized spacial score (nSPS) is 12.2. The van der Waals surface area contributed by atoms with Gasteiger partial charge in [-0.1, -0.05) is 18.2 Å². The molecule has 0 aliphatic heterocycles. The lowest BCUT2D eigenvalue weighted by molar-refractivity contribution is 0.199. The minimum atomic E-state index is -0.734. The molecule has 0 fully saturated rings. The SMILES string of the molecule is CCN(c1ccccc1F)c1ccc(C(C)O)cc1F. The summed E-state index contributed by atoms with van der Waals surface area (Å²) >= 11 is 0. The Morgan fingerprint density at radius 1 is 1.05 bits per heavy atom. The van der Waals surface area contributed by atoms with Crippen molar-refractivity contribution >= 4 is 11.4 Å². The van der Waals surface area contributed by atoms with Gasteiger partial charge in [-0.15, -0.1) is 0 Å².